The van der Waals surface area contributed by atoms with Gasteiger partial charge in [0.25, 0.3) is 0 Å². The van der Waals surface area contributed by atoms with Crippen LogP contribution in [0.15, 0.2) is 0 Å². The SMILES string of the molecule is O=C(CC12CC3CC(CC(C3)C1)C2)NCC(=O)N1CCOCC1. The number of nitrogens with zero attached hydrogens (tertiary/aromatic N) is 1. The van der Waals surface area contributed by atoms with Crippen molar-refractivity contribution in [3.63, 3.8) is 0 Å². The fraction of sp³-hybridized carbons (Fsp3) is 0.889. The highest BCUT2D eigenvalue weighted by atomic mass is 16.5. The van der Waals surface area contributed by atoms with E-state index in [4.69, 9.17) is 4.74 Å². The normalized spacial score (nSPS) is 38.6. The van der Waals surface area contributed by atoms with Crippen LogP contribution in [0.25, 0.3) is 0 Å². The maximum absolute atomic E-state index is 12.4. The van der Waals surface area contributed by atoms with E-state index in [1.165, 1.54) is 38.5 Å². The average molecular weight is 320 g/mol. The van der Waals surface area contributed by atoms with E-state index in [0.29, 0.717) is 32.7 Å². The largest absolute Gasteiger partial charge is 0.378 e. The Morgan fingerprint density at radius 1 is 1.00 bits per heavy atom. The Kier molecular flexibility index (Phi) is 4.08. The third-order valence-corrected chi connectivity index (χ3v) is 6.50. The van der Waals surface area contributed by atoms with Crippen molar-refractivity contribution in [2.45, 2.75) is 44.9 Å². The molecule has 23 heavy (non-hydrogen) atoms. The van der Waals surface area contributed by atoms with Crippen molar-refractivity contribution in [2.24, 2.45) is 23.2 Å². The second kappa shape index (κ2) is 6.08. The van der Waals surface area contributed by atoms with E-state index in [0.717, 1.165) is 17.8 Å². The van der Waals surface area contributed by atoms with Crippen molar-refractivity contribution in [3.05, 3.63) is 0 Å². The Morgan fingerprint density at radius 3 is 2.13 bits per heavy atom. The number of carbonyl (C=O) groups is 2. The smallest absolute Gasteiger partial charge is 0.242 e. The molecule has 0 aromatic heterocycles. The topological polar surface area (TPSA) is 58.6 Å². The fourth-order valence-electron chi connectivity index (χ4n) is 6.01. The summed E-state index contributed by atoms with van der Waals surface area (Å²) in [6.45, 7) is 2.64. The van der Waals surface area contributed by atoms with Gasteiger partial charge in [0, 0.05) is 19.5 Å². The molecule has 1 heterocycles. The van der Waals surface area contributed by atoms with Gasteiger partial charge in [-0.1, -0.05) is 0 Å². The Balaban J connectivity index is 1.28. The summed E-state index contributed by atoms with van der Waals surface area (Å²) in [6.07, 6.45) is 8.55. The summed E-state index contributed by atoms with van der Waals surface area (Å²) in [7, 11) is 0. The lowest BCUT2D eigenvalue weighted by Gasteiger charge is -2.56. The molecule has 1 aliphatic heterocycles. The van der Waals surface area contributed by atoms with Crippen LogP contribution in [0.2, 0.25) is 0 Å². The monoisotopic (exact) mass is 320 g/mol. The van der Waals surface area contributed by atoms with Crippen LogP contribution >= 0.6 is 0 Å². The summed E-state index contributed by atoms with van der Waals surface area (Å²) in [6, 6.07) is 0. The van der Waals surface area contributed by atoms with E-state index in [1.54, 1.807) is 4.90 Å². The highest BCUT2D eigenvalue weighted by molar-refractivity contribution is 5.85. The van der Waals surface area contributed by atoms with Crippen LogP contribution in [0.4, 0.5) is 0 Å². The minimum atomic E-state index is 0.0205. The van der Waals surface area contributed by atoms with Gasteiger partial charge in [-0.15, -0.1) is 0 Å². The van der Waals surface area contributed by atoms with Crippen LogP contribution in [0, 0.1) is 23.2 Å². The first-order chi connectivity index (χ1) is 11.1. The number of hydrogen-bond donors (Lipinski definition) is 1. The number of rotatable bonds is 4. The third kappa shape index (κ3) is 3.25. The van der Waals surface area contributed by atoms with E-state index < -0.39 is 0 Å². The number of carbonyl (C=O) groups excluding carboxylic acids is 2. The van der Waals surface area contributed by atoms with Gasteiger partial charge in [0.15, 0.2) is 0 Å². The summed E-state index contributed by atoms with van der Waals surface area (Å²) in [5.41, 5.74) is 0.251. The molecule has 0 atom stereocenters. The summed E-state index contributed by atoms with van der Waals surface area (Å²) in [5.74, 6) is 2.69. The van der Waals surface area contributed by atoms with Crippen molar-refractivity contribution < 1.29 is 14.3 Å². The molecule has 5 nitrogen and oxygen atoms in total. The fourth-order valence-corrected chi connectivity index (χ4v) is 6.01. The maximum atomic E-state index is 12.4. The van der Waals surface area contributed by atoms with E-state index in [-0.39, 0.29) is 23.8 Å². The number of hydrogen-bond acceptors (Lipinski definition) is 3. The van der Waals surface area contributed by atoms with Crippen LogP contribution < -0.4 is 5.32 Å². The molecule has 0 spiro atoms. The lowest BCUT2D eigenvalue weighted by Crippen LogP contribution is -2.49. The number of ether oxygens (including phenoxy) is 1. The van der Waals surface area contributed by atoms with E-state index >= 15 is 0 Å². The van der Waals surface area contributed by atoms with Crippen molar-refractivity contribution in [3.8, 4) is 0 Å². The zero-order valence-corrected chi connectivity index (χ0v) is 13.9. The number of nitrogens with one attached hydrogen (secondary N) is 1. The summed E-state index contributed by atoms with van der Waals surface area (Å²) in [4.78, 5) is 26.3. The van der Waals surface area contributed by atoms with Gasteiger partial charge in [-0.3, -0.25) is 9.59 Å². The van der Waals surface area contributed by atoms with Crippen LogP contribution in [0.5, 0.6) is 0 Å². The number of amides is 2. The maximum Gasteiger partial charge on any atom is 0.242 e. The molecule has 5 heteroatoms. The molecule has 128 valence electrons. The summed E-state index contributed by atoms with van der Waals surface area (Å²) in [5, 5.41) is 2.88. The molecule has 5 aliphatic rings. The molecule has 0 radical (unpaired) electrons. The van der Waals surface area contributed by atoms with Gasteiger partial charge >= 0.3 is 0 Å². The van der Waals surface area contributed by atoms with Gasteiger partial charge in [0.1, 0.15) is 0 Å². The van der Waals surface area contributed by atoms with Crippen LogP contribution in [-0.4, -0.2) is 49.6 Å². The lowest BCUT2D eigenvalue weighted by atomic mass is 9.49. The summed E-state index contributed by atoms with van der Waals surface area (Å²) >= 11 is 0. The second-order valence-corrected chi connectivity index (χ2v) is 8.36. The van der Waals surface area contributed by atoms with Gasteiger partial charge in [-0.25, -0.2) is 0 Å². The molecule has 4 saturated carbocycles. The molecule has 5 fully saturated rings. The van der Waals surface area contributed by atoms with Crippen LogP contribution in [0.3, 0.4) is 0 Å². The Bertz CT molecular complexity index is 449. The molecule has 1 N–H and O–H groups in total. The first-order valence-corrected chi connectivity index (χ1v) is 9.24. The van der Waals surface area contributed by atoms with Gasteiger partial charge < -0.3 is 15.0 Å². The van der Waals surface area contributed by atoms with Gasteiger partial charge in [0.2, 0.25) is 11.8 Å². The molecular formula is C18H28N2O3. The Hall–Kier alpha value is -1.10. The average Bonchev–Trinajstić information content (AvgIpc) is 2.51. The molecule has 5 rings (SSSR count). The second-order valence-electron chi connectivity index (χ2n) is 8.36. The zero-order valence-electron chi connectivity index (χ0n) is 13.9. The quantitative estimate of drug-likeness (QED) is 0.855. The van der Waals surface area contributed by atoms with Crippen molar-refractivity contribution in [1.82, 2.24) is 10.2 Å². The van der Waals surface area contributed by atoms with Crippen molar-refractivity contribution in [2.75, 3.05) is 32.8 Å². The number of morpholine rings is 1. The summed E-state index contributed by atoms with van der Waals surface area (Å²) < 4.78 is 5.25. The van der Waals surface area contributed by atoms with Crippen LogP contribution in [-0.2, 0) is 14.3 Å². The third-order valence-electron chi connectivity index (χ3n) is 6.50. The van der Waals surface area contributed by atoms with E-state index in [2.05, 4.69) is 5.32 Å². The van der Waals surface area contributed by atoms with Gasteiger partial charge in [-0.05, 0) is 61.7 Å². The lowest BCUT2D eigenvalue weighted by molar-refractivity contribution is -0.138. The van der Waals surface area contributed by atoms with Gasteiger partial charge in [0.05, 0.1) is 19.8 Å². The molecule has 1 saturated heterocycles. The predicted molar refractivity (Wildman–Crippen MR) is 85.6 cm³/mol. The molecule has 4 bridgehead atoms. The molecular weight excluding hydrogens is 292 g/mol. The minimum Gasteiger partial charge on any atom is -0.378 e. The Morgan fingerprint density at radius 2 is 1.57 bits per heavy atom. The molecule has 0 unspecified atom stereocenters. The predicted octanol–water partition coefficient (Wildman–Crippen LogP) is 1.57. The standard InChI is InChI=1S/C18H28N2O3/c21-16(19-12-17(22)20-1-3-23-4-2-20)11-18-8-13-5-14(9-18)7-15(6-13)10-18/h13-15H,1-12H2,(H,19,21). The van der Waals surface area contributed by atoms with Crippen molar-refractivity contribution in [1.29, 1.82) is 0 Å². The highest BCUT2D eigenvalue weighted by Crippen LogP contribution is 2.61. The minimum absolute atomic E-state index is 0.0205. The first-order valence-electron chi connectivity index (χ1n) is 9.24. The molecule has 0 aromatic carbocycles. The molecule has 4 aliphatic carbocycles. The van der Waals surface area contributed by atoms with Crippen molar-refractivity contribution >= 4 is 11.8 Å². The zero-order chi connectivity index (χ0) is 15.9. The van der Waals surface area contributed by atoms with E-state index in [1.807, 2.05) is 0 Å². The van der Waals surface area contributed by atoms with Crippen LogP contribution in [0.1, 0.15) is 44.9 Å². The highest BCUT2D eigenvalue weighted by Gasteiger charge is 2.51. The molecule has 2 amide bonds. The first kappa shape index (κ1) is 15.4. The van der Waals surface area contributed by atoms with E-state index in [9.17, 15) is 9.59 Å². The Labute approximate surface area is 138 Å². The molecule has 0 aromatic rings. The van der Waals surface area contributed by atoms with Gasteiger partial charge in [-0.2, -0.15) is 0 Å².